The quantitative estimate of drug-likeness (QED) is 0.774. The van der Waals surface area contributed by atoms with Gasteiger partial charge in [0.05, 0.1) is 6.04 Å². The van der Waals surface area contributed by atoms with Crippen molar-refractivity contribution in [2.45, 2.75) is 63.3 Å². The zero-order valence-corrected chi connectivity index (χ0v) is 18.8. The average Bonchev–Trinajstić information content (AvgIpc) is 3.23. The highest BCUT2D eigenvalue weighted by Crippen LogP contribution is 2.30. The van der Waals surface area contributed by atoms with Crippen LogP contribution in [0.5, 0.6) is 5.75 Å². The Balaban J connectivity index is 1.32. The Labute approximate surface area is 185 Å². The third kappa shape index (κ3) is 5.21. The minimum absolute atomic E-state index is 0.0404. The number of ether oxygens (including phenoxy) is 1. The number of carbonyl (C=O) groups excluding carboxylic acids is 2. The van der Waals surface area contributed by atoms with Crippen LogP contribution in [0, 0.1) is 0 Å². The van der Waals surface area contributed by atoms with Crippen LogP contribution in [-0.2, 0) is 9.59 Å². The van der Waals surface area contributed by atoms with Crippen molar-refractivity contribution >= 4 is 11.8 Å². The number of nitrogens with zero attached hydrogens (tertiary/aromatic N) is 3. The lowest BCUT2D eigenvalue weighted by Crippen LogP contribution is -2.54. The van der Waals surface area contributed by atoms with Crippen LogP contribution in [0.25, 0.3) is 0 Å². The van der Waals surface area contributed by atoms with Gasteiger partial charge in [-0.1, -0.05) is 18.2 Å². The van der Waals surface area contributed by atoms with Crippen LogP contribution < -0.4 is 10.1 Å². The van der Waals surface area contributed by atoms with Crippen molar-refractivity contribution in [3.8, 4) is 5.75 Å². The van der Waals surface area contributed by atoms with E-state index in [1.165, 1.54) is 0 Å². The summed E-state index contributed by atoms with van der Waals surface area (Å²) in [6.07, 6.45) is 5.08. The third-order valence-electron chi connectivity index (χ3n) is 7.29. The number of piperidine rings is 2. The summed E-state index contributed by atoms with van der Waals surface area (Å²) >= 11 is 0. The second-order valence-corrected chi connectivity index (χ2v) is 9.12. The summed E-state index contributed by atoms with van der Waals surface area (Å²) < 4.78 is 6.20. The van der Waals surface area contributed by atoms with E-state index in [9.17, 15) is 9.59 Å². The normalized spacial score (nSPS) is 26.7. The molecule has 4 rings (SSSR count). The summed E-state index contributed by atoms with van der Waals surface area (Å²) in [5.41, 5.74) is 0. The lowest BCUT2D eigenvalue weighted by Gasteiger charge is -2.44. The molecule has 31 heavy (non-hydrogen) atoms. The third-order valence-corrected chi connectivity index (χ3v) is 7.29. The number of hydrogen-bond donors (Lipinski definition) is 1. The first-order valence-corrected chi connectivity index (χ1v) is 11.7. The van der Waals surface area contributed by atoms with Gasteiger partial charge in [0.15, 0.2) is 0 Å². The van der Waals surface area contributed by atoms with E-state index < -0.39 is 0 Å². The number of amides is 2. The summed E-state index contributed by atoms with van der Waals surface area (Å²) in [4.78, 5) is 31.2. The first kappa shape index (κ1) is 22.1. The molecule has 7 nitrogen and oxygen atoms in total. The number of likely N-dealkylation sites (tertiary alicyclic amines) is 3. The first-order valence-electron chi connectivity index (χ1n) is 11.7. The van der Waals surface area contributed by atoms with Crippen LogP contribution in [0.2, 0.25) is 0 Å². The number of carbonyl (C=O) groups is 2. The Hall–Kier alpha value is -2.12. The second kappa shape index (κ2) is 10.0. The molecule has 0 aromatic heterocycles. The molecule has 3 aliphatic heterocycles. The Morgan fingerprint density at radius 2 is 1.61 bits per heavy atom. The van der Waals surface area contributed by atoms with Gasteiger partial charge in [-0.3, -0.25) is 14.5 Å². The van der Waals surface area contributed by atoms with Gasteiger partial charge in [0.1, 0.15) is 11.9 Å². The molecule has 3 saturated heterocycles. The zero-order chi connectivity index (χ0) is 21.8. The minimum atomic E-state index is -0.117. The van der Waals surface area contributed by atoms with Crippen molar-refractivity contribution in [3.05, 3.63) is 30.3 Å². The molecule has 3 heterocycles. The summed E-state index contributed by atoms with van der Waals surface area (Å²) in [6.45, 7) is 6.36. The van der Waals surface area contributed by atoms with Crippen LogP contribution in [0.15, 0.2) is 30.3 Å². The summed E-state index contributed by atoms with van der Waals surface area (Å²) in [5.74, 6) is 1.16. The van der Waals surface area contributed by atoms with Gasteiger partial charge in [0, 0.05) is 52.1 Å². The molecular weight excluding hydrogens is 392 g/mol. The highest BCUT2D eigenvalue weighted by Gasteiger charge is 2.42. The fraction of sp³-hybridized carbons (Fsp3) is 0.667. The molecule has 0 aliphatic carbocycles. The lowest BCUT2D eigenvalue weighted by molar-refractivity contribution is -0.130. The van der Waals surface area contributed by atoms with Crippen molar-refractivity contribution < 1.29 is 14.3 Å². The molecule has 0 bridgehead atoms. The molecule has 0 saturated carbocycles. The molecule has 1 aromatic carbocycles. The molecule has 3 aliphatic rings. The van der Waals surface area contributed by atoms with E-state index in [0.717, 1.165) is 70.6 Å². The van der Waals surface area contributed by atoms with E-state index in [2.05, 4.69) is 15.1 Å². The topological polar surface area (TPSA) is 65.1 Å². The van der Waals surface area contributed by atoms with Gasteiger partial charge < -0.3 is 19.9 Å². The molecule has 2 atom stereocenters. The Bertz CT molecular complexity index is 742. The number of benzene rings is 1. The molecule has 1 N–H and O–H groups in total. The molecule has 2 amide bonds. The van der Waals surface area contributed by atoms with Gasteiger partial charge in [-0.2, -0.15) is 0 Å². The first-order chi connectivity index (χ1) is 15.0. The second-order valence-electron chi connectivity index (χ2n) is 9.12. The SMILES string of the molecule is CNC(=O)[C@@H]1C[C@H](Oc2ccccc2)CN1C1CCN(C2CCN(C(C)=O)CC2)CC1. The van der Waals surface area contributed by atoms with Crippen LogP contribution in [-0.4, -0.2) is 90.5 Å². The Morgan fingerprint density at radius 1 is 0.968 bits per heavy atom. The number of para-hydroxylation sites is 1. The van der Waals surface area contributed by atoms with Crippen LogP contribution in [0.1, 0.15) is 39.0 Å². The van der Waals surface area contributed by atoms with Gasteiger partial charge in [0.2, 0.25) is 11.8 Å². The molecule has 1 aromatic rings. The lowest BCUT2D eigenvalue weighted by atomic mass is 9.96. The van der Waals surface area contributed by atoms with E-state index in [4.69, 9.17) is 4.74 Å². The molecule has 0 unspecified atom stereocenters. The van der Waals surface area contributed by atoms with Crippen LogP contribution >= 0.6 is 0 Å². The smallest absolute Gasteiger partial charge is 0.237 e. The van der Waals surface area contributed by atoms with Gasteiger partial charge >= 0.3 is 0 Å². The number of likely N-dealkylation sites (N-methyl/N-ethyl adjacent to an activating group) is 1. The van der Waals surface area contributed by atoms with Crippen molar-refractivity contribution in [2.24, 2.45) is 0 Å². The zero-order valence-electron chi connectivity index (χ0n) is 18.8. The number of rotatable bonds is 5. The van der Waals surface area contributed by atoms with Gasteiger partial charge in [-0.15, -0.1) is 0 Å². The maximum atomic E-state index is 12.6. The predicted octanol–water partition coefficient (Wildman–Crippen LogP) is 1.73. The fourth-order valence-corrected chi connectivity index (χ4v) is 5.55. The maximum Gasteiger partial charge on any atom is 0.237 e. The van der Waals surface area contributed by atoms with Crippen molar-refractivity contribution in [3.63, 3.8) is 0 Å². The number of nitrogens with one attached hydrogen (secondary N) is 1. The minimum Gasteiger partial charge on any atom is -0.489 e. The molecule has 0 spiro atoms. The fourth-order valence-electron chi connectivity index (χ4n) is 5.55. The standard InChI is InChI=1S/C24H36N4O3/c1-18(29)26-12-8-19(9-13-26)27-14-10-20(11-15-27)28-17-22(16-23(28)24(30)25-2)31-21-6-4-3-5-7-21/h3-7,19-20,22-23H,8-17H2,1-2H3,(H,25,30)/t22-,23-/m0/s1. The van der Waals surface area contributed by atoms with Gasteiger partial charge in [0.25, 0.3) is 0 Å². The molecule has 170 valence electrons. The molecular formula is C24H36N4O3. The summed E-state index contributed by atoms with van der Waals surface area (Å²) in [5, 5.41) is 2.86. The van der Waals surface area contributed by atoms with Crippen molar-refractivity contribution in [1.82, 2.24) is 20.0 Å². The van der Waals surface area contributed by atoms with Crippen LogP contribution in [0.4, 0.5) is 0 Å². The highest BCUT2D eigenvalue weighted by molar-refractivity contribution is 5.82. The Kier molecular flexibility index (Phi) is 7.13. The molecule has 3 fully saturated rings. The van der Waals surface area contributed by atoms with E-state index >= 15 is 0 Å². The van der Waals surface area contributed by atoms with Gasteiger partial charge in [-0.25, -0.2) is 0 Å². The number of hydrogen-bond acceptors (Lipinski definition) is 5. The van der Waals surface area contributed by atoms with Crippen molar-refractivity contribution in [2.75, 3.05) is 39.8 Å². The van der Waals surface area contributed by atoms with Crippen LogP contribution in [0.3, 0.4) is 0 Å². The molecule has 7 heteroatoms. The van der Waals surface area contributed by atoms with E-state index in [1.807, 2.05) is 35.2 Å². The van der Waals surface area contributed by atoms with E-state index in [-0.39, 0.29) is 24.0 Å². The van der Waals surface area contributed by atoms with E-state index in [1.54, 1.807) is 14.0 Å². The Morgan fingerprint density at radius 3 is 2.23 bits per heavy atom. The molecule has 0 radical (unpaired) electrons. The summed E-state index contributed by atoms with van der Waals surface area (Å²) in [6, 6.07) is 10.8. The monoisotopic (exact) mass is 428 g/mol. The predicted molar refractivity (Wildman–Crippen MR) is 120 cm³/mol. The average molecular weight is 429 g/mol. The summed E-state index contributed by atoms with van der Waals surface area (Å²) in [7, 11) is 1.72. The highest BCUT2D eigenvalue weighted by atomic mass is 16.5. The maximum absolute atomic E-state index is 12.6. The largest absolute Gasteiger partial charge is 0.489 e. The van der Waals surface area contributed by atoms with E-state index in [0.29, 0.717) is 12.1 Å². The van der Waals surface area contributed by atoms with Crippen molar-refractivity contribution in [1.29, 1.82) is 0 Å². The van der Waals surface area contributed by atoms with Gasteiger partial charge in [-0.05, 0) is 50.9 Å².